The van der Waals surface area contributed by atoms with E-state index in [1.165, 1.54) is 12.8 Å². The van der Waals surface area contributed by atoms with Gasteiger partial charge in [-0.25, -0.2) is 0 Å². The maximum absolute atomic E-state index is 6.03. The number of ether oxygens (including phenoxy) is 1. The van der Waals surface area contributed by atoms with Crippen molar-refractivity contribution in [1.29, 1.82) is 0 Å². The van der Waals surface area contributed by atoms with Crippen LogP contribution in [0, 0.1) is 5.92 Å². The molecule has 3 heteroatoms. The number of nitrogens with one attached hydrogen (secondary N) is 1. The molecule has 1 heterocycles. The molecule has 2 rings (SSSR count). The van der Waals surface area contributed by atoms with Gasteiger partial charge in [0.2, 0.25) is 5.88 Å². The van der Waals surface area contributed by atoms with E-state index < -0.39 is 0 Å². The first-order valence-electron chi connectivity index (χ1n) is 7.34. The van der Waals surface area contributed by atoms with E-state index in [0.29, 0.717) is 6.10 Å². The maximum atomic E-state index is 6.03. The first-order valence-corrected chi connectivity index (χ1v) is 7.34. The monoisotopic (exact) mass is 262 g/mol. The highest BCUT2D eigenvalue weighted by Gasteiger charge is 2.20. The van der Waals surface area contributed by atoms with Gasteiger partial charge in [-0.2, -0.15) is 4.98 Å². The summed E-state index contributed by atoms with van der Waals surface area (Å²) in [6, 6.07) is 5.94. The van der Waals surface area contributed by atoms with Crippen LogP contribution < -0.4 is 10.1 Å². The first kappa shape index (κ1) is 14.2. The van der Waals surface area contributed by atoms with Gasteiger partial charge in [0.25, 0.3) is 0 Å². The van der Waals surface area contributed by atoms with Crippen molar-refractivity contribution >= 4 is 5.82 Å². The zero-order valence-electron chi connectivity index (χ0n) is 12.6. The van der Waals surface area contributed by atoms with Gasteiger partial charge in [-0.15, -0.1) is 0 Å². The summed E-state index contributed by atoms with van der Waals surface area (Å²) in [5.74, 6) is 2.40. The molecule has 1 saturated carbocycles. The number of rotatable bonds is 3. The molecule has 1 aliphatic rings. The van der Waals surface area contributed by atoms with Gasteiger partial charge in [0.15, 0.2) is 0 Å². The van der Waals surface area contributed by atoms with Crippen molar-refractivity contribution in [3.05, 3.63) is 18.2 Å². The number of pyridine rings is 1. The minimum absolute atomic E-state index is 0.0188. The van der Waals surface area contributed by atoms with E-state index in [2.05, 4.69) is 38.0 Å². The molecule has 1 aromatic heterocycles. The largest absolute Gasteiger partial charge is 0.474 e. The Balaban J connectivity index is 1.98. The molecular formula is C16H26N2O. The third-order valence-corrected chi connectivity index (χ3v) is 3.40. The Morgan fingerprint density at radius 3 is 2.74 bits per heavy atom. The molecule has 1 fully saturated rings. The molecular weight excluding hydrogens is 236 g/mol. The lowest BCUT2D eigenvalue weighted by molar-refractivity contribution is 0.124. The van der Waals surface area contributed by atoms with Crippen molar-refractivity contribution in [3.8, 4) is 5.88 Å². The van der Waals surface area contributed by atoms with Crippen LogP contribution in [0.5, 0.6) is 5.88 Å². The zero-order valence-corrected chi connectivity index (χ0v) is 12.6. The molecule has 19 heavy (non-hydrogen) atoms. The summed E-state index contributed by atoms with van der Waals surface area (Å²) >= 11 is 0. The standard InChI is InChI=1S/C16H26N2O/c1-12-7-5-8-13(11-12)19-15-10-6-9-14(17-15)18-16(2,3)4/h6,9-10,12-13H,5,7-8,11H2,1-4H3,(H,17,18). The Kier molecular flexibility index (Phi) is 4.33. The third-order valence-electron chi connectivity index (χ3n) is 3.40. The number of hydrogen-bond donors (Lipinski definition) is 1. The summed E-state index contributed by atoms with van der Waals surface area (Å²) in [7, 11) is 0. The normalized spacial score (nSPS) is 24.0. The van der Waals surface area contributed by atoms with Gasteiger partial charge in [0.05, 0.1) is 0 Å². The smallest absolute Gasteiger partial charge is 0.215 e. The van der Waals surface area contributed by atoms with Crippen molar-refractivity contribution in [2.75, 3.05) is 5.32 Å². The van der Waals surface area contributed by atoms with Crippen LogP contribution in [0.1, 0.15) is 53.4 Å². The highest BCUT2D eigenvalue weighted by molar-refractivity contribution is 5.39. The van der Waals surface area contributed by atoms with Gasteiger partial charge < -0.3 is 10.1 Å². The minimum atomic E-state index is 0.0188. The van der Waals surface area contributed by atoms with Crippen LogP contribution in [0.2, 0.25) is 0 Å². The van der Waals surface area contributed by atoms with Crippen LogP contribution in [0.3, 0.4) is 0 Å². The molecule has 1 N–H and O–H groups in total. The fourth-order valence-corrected chi connectivity index (χ4v) is 2.59. The van der Waals surface area contributed by atoms with Gasteiger partial charge >= 0.3 is 0 Å². The fraction of sp³-hybridized carbons (Fsp3) is 0.688. The van der Waals surface area contributed by atoms with Gasteiger partial charge in [-0.1, -0.05) is 19.4 Å². The van der Waals surface area contributed by atoms with Crippen LogP contribution >= 0.6 is 0 Å². The lowest BCUT2D eigenvalue weighted by Gasteiger charge is -2.27. The van der Waals surface area contributed by atoms with Gasteiger partial charge in [-0.3, -0.25) is 0 Å². The fourth-order valence-electron chi connectivity index (χ4n) is 2.59. The quantitative estimate of drug-likeness (QED) is 0.884. The van der Waals surface area contributed by atoms with Crippen molar-refractivity contribution < 1.29 is 4.74 Å². The average molecular weight is 262 g/mol. The molecule has 0 saturated heterocycles. The van der Waals surface area contributed by atoms with E-state index in [0.717, 1.165) is 30.5 Å². The molecule has 2 unspecified atom stereocenters. The zero-order chi connectivity index (χ0) is 13.9. The molecule has 0 amide bonds. The topological polar surface area (TPSA) is 34.1 Å². The second-order valence-corrected chi connectivity index (χ2v) is 6.75. The second kappa shape index (κ2) is 5.81. The lowest BCUT2D eigenvalue weighted by Crippen LogP contribution is -2.27. The molecule has 0 aromatic carbocycles. The van der Waals surface area contributed by atoms with E-state index in [1.807, 2.05) is 18.2 Å². The van der Waals surface area contributed by atoms with Crippen LogP contribution in [0.15, 0.2) is 18.2 Å². The van der Waals surface area contributed by atoms with Crippen molar-refractivity contribution in [3.63, 3.8) is 0 Å². The SMILES string of the molecule is CC1CCCC(Oc2cccc(NC(C)(C)C)n2)C1. The van der Waals surface area contributed by atoms with E-state index in [1.54, 1.807) is 0 Å². The summed E-state index contributed by atoms with van der Waals surface area (Å²) < 4.78 is 6.03. The second-order valence-electron chi connectivity index (χ2n) is 6.75. The first-order chi connectivity index (χ1) is 8.92. The Hall–Kier alpha value is -1.25. The molecule has 0 spiro atoms. The number of aromatic nitrogens is 1. The molecule has 0 bridgehead atoms. The number of anilines is 1. The predicted octanol–water partition coefficient (Wildman–Crippen LogP) is 4.25. The summed E-state index contributed by atoms with van der Waals surface area (Å²) in [4.78, 5) is 4.54. The average Bonchev–Trinajstić information content (AvgIpc) is 2.27. The highest BCUT2D eigenvalue weighted by Crippen LogP contribution is 2.27. The Bertz CT molecular complexity index is 411. The Morgan fingerprint density at radius 1 is 1.26 bits per heavy atom. The predicted molar refractivity (Wildman–Crippen MR) is 79.7 cm³/mol. The summed E-state index contributed by atoms with van der Waals surface area (Å²) in [5, 5.41) is 3.38. The van der Waals surface area contributed by atoms with E-state index in [9.17, 15) is 0 Å². The molecule has 0 radical (unpaired) electrons. The third kappa shape index (κ3) is 4.73. The number of hydrogen-bond acceptors (Lipinski definition) is 3. The molecule has 0 aliphatic heterocycles. The van der Waals surface area contributed by atoms with E-state index in [4.69, 9.17) is 4.74 Å². The van der Waals surface area contributed by atoms with Crippen LogP contribution in [0.4, 0.5) is 5.82 Å². The van der Waals surface area contributed by atoms with Crippen molar-refractivity contribution in [2.45, 2.75) is 65.0 Å². The Labute approximate surface area is 116 Å². The van der Waals surface area contributed by atoms with Crippen LogP contribution in [0.25, 0.3) is 0 Å². The highest BCUT2D eigenvalue weighted by atomic mass is 16.5. The lowest BCUT2D eigenvalue weighted by atomic mass is 9.89. The molecule has 106 valence electrons. The minimum Gasteiger partial charge on any atom is -0.474 e. The van der Waals surface area contributed by atoms with Gasteiger partial charge in [-0.05, 0) is 52.0 Å². The van der Waals surface area contributed by atoms with Crippen LogP contribution in [-0.4, -0.2) is 16.6 Å². The summed E-state index contributed by atoms with van der Waals surface area (Å²) in [6.45, 7) is 8.70. The molecule has 3 nitrogen and oxygen atoms in total. The number of nitrogens with zero attached hydrogens (tertiary/aromatic N) is 1. The molecule has 1 aromatic rings. The van der Waals surface area contributed by atoms with Crippen LogP contribution in [-0.2, 0) is 0 Å². The van der Waals surface area contributed by atoms with E-state index >= 15 is 0 Å². The summed E-state index contributed by atoms with van der Waals surface area (Å²) in [5.41, 5.74) is 0.0188. The molecule has 2 atom stereocenters. The maximum Gasteiger partial charge on any atom is 0.215 e. The van der Waals surface area contributed by atoms with E-state index in [-0.39, 0.29) is 5.54 Å². The van der Waals surface area contributed by atoms with Crippen molar-refractivity contribution in [1.82, 2.24) is 4.98 Å². The summed E-state index contributed by atoms with van der Waals surface area (Å²) in [6.07, 6.45) is 5.24. The molecule has 1 aliphatic carbocycles. The van der Waals surface area contributed by atoms with Gasteiger partial charge in [0, 0.05) is 11.6 Å². The van der Waals surface area contributed by atoms with Gasteiger partial charge in [0.1, 0.15) is 11.9 Å². The van der Waals surface area contributed by atoms with Crippen molar-refractivity contribution in [2.24, 2.45) is 5.92 Å². The Morgan fingerprint density at radius 2 is 2.05 bits per heavy atom.